The van der Waals surface area contributed by atoms with Gasteiger partial charge in [-0.1, -0.05) is 13.8 Å². The Morgan fingerprint density at radius 2 is 1.64 bits per heavy atom. The molecule has 0 spiro atoms. The smallest absolute Gasteiger partial charge is 0.326 e. The Morgan fingerprint density at radius 3 is 2.00 bits per heavy atom. The molecule has 126 valence electrons. The molecule has 0 rings (SSSR count). The summed E-state index contributed by atoms with van der Waals surface area (Å²) in [6.07, 6.45) is -0.421. The first-order valence-electron chi connectivity index (χ1n) is 6.58. The zero-order valence-electron chi connectivity index (χ0n) is 12.4. The molecule has 3 unspecified atom stereocenters. The number of carbonyl (C=O) groups is 4. The van der Waals surface area contributed by atoms with E-state index in [0.29, 0.717) is 0 Å². The van der Waals surface area contributed by atoms with Gasteiger partial charge >= 0.3 is 5.97 Å². The van der Waals surface area contributed by atoms with Crippen molar-refractivity contribution >= 4 is 23.7 Å². The molecule has 0 aliphatic rings. The fourth-order valence-electron chi connectivity index (χ4n) is 1.55. The number of nitrogens with one attached hydrogen (secondary N) is 2. The number of amides is 3. The van der Waals surface area contributed by atoms with Crippen molar-refractivity contribution in [2.75, 3.05) is 6.61 Å². The topological polar surface area (TPSA) is 185 Å². The van der Waals surface area contributed by atoms with Crippen LogP contribution in [-0.2, 0) is 19.2 Å². The standard InChI is InChI=1S/C12H22N4O6/c1-5(2)9(12(21)22)16-11(20)7(4-17)15-10(19)6(13)3-8(14)18/h5-7,9,17H,3-4,13H2,1-2H3,(H2,14,18)(H,15,19)(H,16,20)(H,21,22). The van der Waals surface area contributed by atoms with Gasteiger partial charge < -0.3 is 32.3 Å². The summed E-state index contributed by atoms with van der Waals surface area (Å²) in [5.74, 6) is -4.16. The third kappa shape index (κ3) is 6.50. The number of aliphatic carboxylic acids is 1. The predicted octanol–water partition coefficient (Wildman–Crippen LogP) is -3.11. The van der Waals surface area contributed by atoms with Gasteiger partial charge in [-0.15, -0.1) is 0 Å². The van der Waals surface area contributed by atoms with Gasteiger partial charge in [0.2, 0.25) is 17.7 Å². The van der Waals surface area contributed by atoms with Crippen LogP contribution in [0.1, 0.15) is 20.3 Å². The van der Waals surface area contributed by atoms with Crippen LogP contribution in [0.25, 0.3) is 0 Å². The number of carboxylic acid groups (broad SMARTS) is 1. The van der Waals surface area contributed by atoms with E-state index in [1.54, 1.807) is 13.8 Å². The van der Waals surface area contributed by atoms with Crippen molar-refractivity contribution < 1.29 is 29.4 Å². The number of primary amides is 1. The maximum Gasteiger partial charge on any atom is 0.326 e. The van der Waals surface area contributed by atoms with E-state index in [0.717, 1.165) is 0 Å². The number of nitrogens with two attached hydrogens (primary N) is 2. The summed E-state index contributed by atoms with van der Waals surface area (Å²) in [6, 6.07) is -3.82. The van der Waals surface area contributed by atoms with E-state index in [4.69, 9.17) is 21.7 Å². The summed E-state index contributed by atoms with van der Waals surface area (Å²) < 4.78 is 0. The average molecular weight is 318 g/mol. The highest BCUT2D eigenvalue weighted by atomic mass is 16.4. The summed E-state index contributed by atoms with van der Waals surface area (Å²) in [5, 5.41) is 22.5. The molecule has 0 saturated heterocycles. The summed E-state index contributed by atoms with van der Waals surface area (Å²) in [4.78, 5) is 45.2. The summed E-state index contributed by atoms with van der Waals surface area (Å²) >= 11 is 0. The zero-order valence-corrected chi connectivity index (χ0v) is 12.4. The number of rotatable bonds is 9. The van der Waals surface area contributed by atoms with Crippen molar-refractivity contribution in [3.8, 4) is 0 Å². The molecule has 22 heavy (non-hydrogen) atoms. The fourth-order valence-corrected chi connectivity index (χ4v) is 1.55. The minimum Gasteiger partial charge on any atom is -0.480 e. The lowest BCUT2D eigenvalue weighted by Gasteiger charge is -2.22. The Kier molecular flexibility index (Phi) is 8.05. The molecular formula is C12H22N4O6. The highest BCUT2D eigenvalue weighted by molar-refractivity contribution is 5.93. The summed E-state index contributed by atoms with van der Waals surface area (Å²) in [5.41, 5.74) is 10.3. The van der Waals surface area contributed by atoms with Crippen LogP contribution in [0.4, 0.5) is 0 Å². The number of aliphatic hydroxyl groups is 1. The van der Waals surface area contributed by atoms with Gasteiger partial charge in [-0.25, -0.2) is 4.79 Å². The maximum atomic E-state index is 11.9. The first-order chi connectivity index (χ1) is 10.1. The Morgan fingerprint density at radius 1 is 1.09 bits per heavy atom. The van der Waals surface area contributed by atoms with Crippen molar-refractivity contribution in [3.63, 3.8) is 0 Å². The molecule has 8 N–H and O–H groups in total. The third-order valence-corrected chi connectivity index (χ3v) is 2.80. The Bertz CT molecular complexity index is 439. The molecule has 0 radical (unpaired) electrons. The number of aliphatic hydroxyl groups excluding tert-OH is 1. The molecule has 3 amide bonds. The fraction of sp³-hybridized carbons (Fsp3) is 0.667. The predicted molar refractivity (Wildman–Crippen MR) is 75.2 cm³/mol. The average Bonchev–Trinajstić information content (AvgIpc) is 2.39. The maximum absolute atomic E-state index is 11.9. The van der Waals surface area contributed by atoms with E-state index in [-0.39, 0.29) is 0 Å². The molecule has 0 aromatic rings. The molecule has 0 aliphatic carbocycles. The van der Waals surface area contributed by atoms with Crippen LogP contribution in [0.15, 0.2) is 0 Å². The van der Waals surface area contributed by atoms with Gasteiger partial charge in [0.05, 0.1) is 19.1 Å². The summed E-state index contributed by atoms with van der Waals surface area (Å²) in [7, 11) is 0. The quantitative estimate of drug-likeness (QED) is 0.260. The number of carboxylic acids is 1. The molecule has 0 saturated carbocycles. The minimum atomic E-state index is -1.38. The van der Waals surface area contributed by atoms with Gasteiger partial charge in [0.25, 0.3) is 0 Å². The van der Waals surface area contributed by atoms with Crippen molar-refractivity contribution in [2.24, 2.45) is 17.4 Å². The van der Waals surface area contributed by atoms with Crippen molar-refractivity contribution in [1.29, 1.82) is 0 Å². The first-order valence-corrected chi connectivity index (χ1v) is 6.58. The molecule has 0 aromatic carbocycles. The van der Waals surface area contributed by atoms with E-state index in [1.807, 2.05) is 0 Å². The Hall–Kier alpha value is -2.20. The molecule has 10 nitrogen and oxygen atoms in total. The van der Waals surface area contributed by atoms with Gasteiger partial charge in [0.1, 0.15) is 12.1 Å². The van der Waals surface area contributed by atoms with Crippen LogP contribution in [0.2, 0.25) is 0 Å². The van der Waals surface area contributed by atoms with Gasteiger partial charge in [-0.05, 0) is 5.92 Å². The van der Waals surface area contributed by atoms with E-state index >= 15 is 0 Å². The van der Waals surface area contributed by atoms with Gasteiger partial charge in [-0.2, -0.15) is 0 Å². The lowest BCUT2D eigenvalue weighted by molar-refractivity contribution is -0.143. The molecule has 10 heteroatoms. The van der Waals surface area contributed by atoms with Crippen LogP contribution in [-0.4, -0.2) is 58.6 Å². The SMILES string of the molecule is CC(C)C(NC(=O)C(CO)NC(=O)C(N)CC(N)=O)C(=O)O. The van der Waals surface area contributed by atoms with Crippen molar-refractivity contribution in [2.45, 2.75) is 38.4 Å². The van der Waals surface area contributed by atoms with E-state index in [9.17, 15) is 19.2 Å². The Labute approximate surface area is 127 Å². The van der Waals surface area contributed by atoms with Gasteiger partial charge in [0, 0.05) is 0 Å². The second-order valence-electron chi connectivity index (χ2n) is 5.09. The molecule has 0 fully saturated rings. The summed E-state index contributed by atoms with van der Waals surface area (Å²) in [6.45, 7) is 2.42. The lowest BCUT2D eigenvalue weighted by Crippen LogP contribution is -2.57. The van der Waals surface area contributed by atoms with Crippen LogP contribution in [0.5, 0.6) is 0 Å². The van der Waals surface area contributed by atoms with E-state index in [2.05, 4.69) is 10.6 Å². The second-order valence-corrected chi connectivity index (χ2v) is 5.09. The minimum absolute atomic E-state index is 0.395. The molecule has 0 bridgehead atoms. The number of carbonyl (C=O) groups excluding carboxylic acids is 3. The first kappa shape index (κ1) is 19.8. The normalized spacial score (nSPS) is 14.8. The van der Waals surface area contributed by atoms with E-state index < -0.39 is 60.8 Å². The highest BCUT2D eigenvalue weighted by Gasteiger charge is 2.29. The van der Waals surface area contributed by atoms with Crippen molar-refractivity contribution in [1.82, 2.24) is 10.6 Å². The zero-order chi connectivity index (χ0) is 17.4. The monoisotopic (exact) mass is 318 g/mol. The molecule has 0 aliphatic heterocycles. The van der Waals surface area contributed by atoms with Crippen LogP contribution >= 0.6 is 0 Å². The largest absolute Gasteiger partial charge is 0.480 e. The Balaban J connectivity index is 4.75. The molecule has 3 atom stereocenters. The highest BCUT2D eigenvalue weighted by Crippen LogP contribution is 2.02. The third-order valence-electron chi connectivity index (χ3n) is 2.80. The van der Waals surface area contributed by atoms with E-state index in [1.165, 1.54) is 0 Å². The number of hydrogen-bond acceptors (Lipinski definition) is 6. The molecule has 0 heterocycles. The van der Waals surface area contributed by atoms with Crippen molar-refractivity contribution in [3.05, 3.63) is 0 Å². The molecular weight excluding hydrogens is 296 g/mol. The van der Waals surface area contributed by atoms with Crippen LogP contribution < -0.4 is 22.1 Å². The van der Waals surface area contributed by atoms with Crippen LogP contribution in [0.3, 0.4) is 0 Å². The van der Waals surface area contributed by atoms with Gasteiger partial charge in [-0.3, -0.25) is 14.4 Å². The molecule has 0 aromatic heterocycles. The number of hydrogen-bond donors (Lipinski definition) is 6. The lowest BCUT2D eigenvalue weighted by atomic mass is 10.0. The second kappa shape index (κ2) is 8.95. The van der Waals surface area contributed by atoms with Gasteiger partial charge in [0.15, 0.2) is 0 Å². The van der Waals surface area contributed by atoms with Crippen LogP contribution in [0, 0.1) is 5.92 Å².